The zero-order valence-electron chi connectivity index (χ0n) is 4.02. The molecule has 1 aliphatic heterocycles. The van der Waals surface area contributed by atoms with Gasteiger partial charge < -0.3 is 5.32 Å². The summed E-state index contributed by atoms with van der Waals surface area (Å²) in [5, 5.41) is 3.31. The van der Waals surface area contributed by atoms with E-state index in [1.54, 1.807) is 0 Å². The van der Waals surface area contributed by atoms with Crippen molar-refractivity contribution < 1.29 is 0 Å². The first-order valence-electron chi connectivity index (χ1n) is 2.12. The molecule has 3 nitrogen and oxygen atoms in total. The Morgan fingerprint density at radius 2 is 2.12 bits per heavy atom. The Morgan fingerprint density at radius 3 is 2.50 bits per heavy atom. The van der Waals surface area contributed by atoms with Gasteiger partial charge in [-0.1, -0.05) is 12.2 Å². The highest BCUT2D eigenvalue weighted by atomic mass is 32.1. The van der Waals surface area contributed by atoms with Crippen LogP contribution in [-0.2, 0) is 0 Å². The van der Waals surface area contributed by atoms with Crippen molar-refractivity contribution in [2.45, 2.75) is 0 Å². The third-order valence-electron chi connectivity index (χ3n) is 0.704. The van der Waals surface area contributed by atoms with Crippen LogP contribution in [0.1, 0.15) is 0 Å². The summed E-state index contributed by atoms with van der Waals surface area (Å²) in [4.78, 5) is 0.730. The maximum absolute atomic E-state index is 4.78. The molecule has 0 atom stereocenters. The summed E-state index contributed by atoms with van der Waals surface area (Å²) in [6, 6.07) is 0. The molecule has 0 unspecified atom stereocenters. The lowest BCUT2D eigenvalue weighted by molar-refractivity contribution is 0.702. The molecule has 44 valence electrons. The van der Waals surface area contributed by atoms with E-state index in [9.17, 15) is 0 Å². The van der Waals surface area contributed by atoms with E-state index >= 15 is 0 Å². The minimum atomic E-state index is 0.543. The summed E-state index contributed by atoms with van der Waals surface area (Å²) >= 11 is 9.49. The van der Waals surface area contributed by atoms with E-state index in [2.05, 4.69) is 16.2 Å². The van der Waals surface area contributed by atoms with Gasteiger partial charge in [-0.25, -0.2) is 5.43 Å². The molecule has 3 N–H and O–H groups in total. The van der Waals surface area contributed by atoms with E-state index in [0.29, 0.717) is 11.7 Å². The van der Waals surface area contributed by atoms with E-state index in [-0.39, 0.29) is 0 Å². The largest absolute Gasteiger partial charge is 0.325 e. The van der Waals surface area contributed by atoms with Gasteiger partial charge in [-0.05, 0) is 12.2 Å². The predicted octanol–water partition coefficient (Wildman–Crippen LogP) is -0.704. The smallest absolute Gasteiger partial charge is 0.185 e. The van der Waals surface area contributed by atoms with Crippen molar-refractivity contribution in [2.24, 2.45) is 0 Å². The van der Waals surface area contributed by atoms with Crippen molar-refractivity contribution >= 4 is 34.5 Å². The Kier molecular flexibility index (Phi) is 1.72. The third-order valence-corrected chi connectivity index (χ3v) is 1.15. The maximum Gasteiger partial charge on any atom is 0.185 e. The highest BCUT2D eigenvalue weighted by Gasteiger charge is 2.04. The molecule has 0 spiro atoms. The average Bonchev–Trinajstić information content (AvgIpc) is 1.64. The Balaban J connectivity index is 2.45. The second-order valence-electron chi connectivity index (χ2n) is 1.36. The number of rotatable bonds is 0. The lowest BCUT2D eigenvalue weighted by atomic mass is 10.6. The van der Waals surface area contributed by atoms with Crippen molar-refractivity contribution in [1.82, 2.24) is 16.2 Å². The van der Waals surface area contributed by atoms with Crippen LogP contribution in [0.2, 0.25) is 0 Å². The zero-order chi connectivity index (χ0) is 5.98. The van der Waals surface area contributed by atoms with Crippen LogP contribution in [0.3, 0.4) is 0 Å². The van der Waals surface area contributed by atoms with Crippen LogP contribution in [0.4, 0.5) is 0 Å². The number of hydrazine groups is 1. The Bertz CT molecular complexity index is 118. The normalized spacial score (nSPS) is 19.5. The fraction of sp³-hybridized carbons (Fsp3) is 0.333. The lowest BCUT2D eigenvalue weighted by Crippen LogP contribution is -2.55. The predicted molar refractivity (Wildman–Crippen MR) is 39.5 cm³/mol. The van der Waals surface area contributed by atoms with Gasteiger partial charge >= 0.3 is 0 Å². The molecule has 0 radical (unpaired) electrons. The van der Waals surface area contributed by atoms with Gasteiger partial charge in [0, 0.05) is 0 Å². The topological polar surface area (TPSA) is 36.1 Å². The fourth-order valence-electron chi connectivity index (χ4n) is 0.407. The first-order valence-corrected chi connectivity index (χ1v) is 2.93. The molecule has 0 bridgehead atoms. The van der Waals surface area contributed by atoms with Gasteiger partial charge in [0.05, 0.1) is 11.5 Å². The van der Waals surface area contributed by atoms with E-state index in [1.165, 1.54) is 0 Å². The molecule has 8 heavy (non-hydrogen) atoms. The maximum atomic E-state index is 4.78. The Hall–Kier alpha value is -0.260. The summed E-state index contributed by atoms with van der Waals surface area (Å²) in [5.41, 5.74) is 5.48. The molecule has 1 saturated heterocycles. The molecule has 1 fully saturated rings. The van der Waals surface area contributed by atoms with Gasteiger partial charge in [-0.3, -0.25) is 5.43 Å². The minimum absolute atomic E-state index is 0.543. The van der Waals surface area contributed by atoms with Gasteiger partial charge in [-0.2, -0.15) is 0 Å². The number of hydrogen-bond donors (Lipinski definition) is 3. The van der Waals surface area contributed by atoms with E-state index in [4.69, 9.17) is 24.4 Å². The molecule has 0 aromatic heterocycles. The SMILES string of the molecule is S=C1CNNC(=S)N1. The van der Waals surface area contributed by atoms with Crippen molar-refractivity contribution in [3.63, 3.8) is 0 Å². The highest BCUT2D eigenvalue weighted by Crippen LogP contribution is 1.75. The Morgan fingerprint density at radius 1 is 1.38 bits per heavy atom. The fourth-order valence-corrected chi connectivity index (χ4v) is 0.841. The summed E-state index contributed by atoms with van der Waals surface area (Å²) in [6.07, 6.45) is 0. The van der Waals surface area contributed by atoms with Crippen LogP contribution >= 0.6 is 24.4 Å². The van der Waals surface area contributed by atoms with Crippen LogP contribution in [0.5, 0.6) is 0 Å². The summed E-state index contributed by atoms with van der Waals surface area (Å²) in [5.74, 6) is 0. The van der Waals surface area contributed by atoms with Gasteiger partial charge in [0.1, 0.15) is 0 Å². The van der Waals surface area contributed by atoms with Crippen LogP contribution in [0, 0.1) is 0 Å². The van der Waals surface area contributed by atoms with Crippen LogP contribution in [-0.4, -0.2) is 16.6 Å². The van der Waals surface area contributed by atoms with Crippen molar-refractivity contribution in [1.29, 1.82) is 0 Å². The second-order valence-corrected chi connectivity index (χ2v) is 2.26. The van der Waals surface area contributed by atoms with Crippen LogP contribution < -0.4 is 16.2 Å². The van der Waals surface area contributed by atoms with Crippen molar-refractivity contribution in [2.75, 3.05) is 6.54 Å². The molecule has 1 aliphatic rings. The third kappa shape index (κ3) is 1.36. The highest BCUT2D eigenvalue weighted by molar-refractivity contribution is 7.82. The first-order chi connectivity index (χ1) is 3.79. The molecule has 0 amide bonds. The van der Waals surface area contributed by atoms with Crippen LogP contribution in [0.15, 0.2) is 0 Å². The van der Waals surface area contributed by atoms with Gasteiger partial charge in [0.15, 0.2) is 5.11 Å². The minimum Gasteiger partial charge on any atom is -0.325 e. The lowest BCUT2D eigenvalue weighted by Gasteiger charge is -2.17. The molecule has 0 saturated carbocycles. The molecule has 0 aromatic rings. The number of hydrogen-bond acceptors (Lipinski definition) is 3. The molecular formula is C3H5N3S2. The Labute approximate surface area is 57.8 Å². The zero-order valence-corrected chi connectivity index (χ0v) is 5.66. The quantitative estimate of drug-likeness (QED) is 0.395. The summed E-state index contributed by atoms with van der Waals surface area (Å²) in [6.45, 7) is 0.648. The monoisotopic (exact) mass is 147 g/mol. The van der Waals surface area contributed by atoms with Gasteiger partial charge in [0.25, 0.3) is 0 Å². The van der Waals surface area contributed by atoms with Crippen LogP contribution in [0.25, 0.3) is 0 Å². The standard InChI is InChI=1S/C3H5N3S2/c7-2-1-4-6-3(8)5-2/h4H,1H2,(H2,5,6,7,8). The molecule has 5 heteroatoms. The van der Waals surface area contributed by atoms with Crippen molar-refractivity contribution in [3.8, 4) is 0 Å². The van der Waals surface area contributed by atoms with E-state index in [1.807, 2.05) is 0 Å². The van der Waals surface area contributed by atoms with Gasteiger partial charge in [0.2, 0.25) is 0 Å². The van der Waals surface area contributed by atoms with Gasteiger partial charge in [-0.15, -0.1) is 0 Å². The number of nitrogens with one attached hydrogen (secondary N) is 3. The molecule has 0 aliphatic carbocycles. The molecule has 1 rings (SSSR count). The molecule has 1 heterocycles. The molecular weight excluding hydrogens is 142 g/mol. The molecule has 0 aromatic carbocycles. The summed E-state index contributed by atoms with van der Waals surface area (Å²) < 4.78 is 0. The number of thiocarbonyl (C=S) groups is 2. The average molecular weight is 147 g/mol. The summed E-state index contributed by atoms with van der Waals surface area (Å²) in [7, 11) is 0. The van der Waals surface area contributed by atoms with E-state index < -0.39 is 0 Å². The second kappa shape index (κ2) is 2.34. The van der Waals surface area contributed by atoms with Crippen molar-refractivity contribution in [3.05, 3.63) is 0 Å². The van der Waals surface area contributed by atoms with E-state index in [0.717, 1.165) is 4.99 Å². The first kappa shape index (κ1) is 5.87.